The van der Waals surface area contributed by atoms with Crippen LogP contribution in [0, 0.1) is 0 Å². The summed E-state index contributed by atoms with van der Waals surface area (Å²) in [7, 11) is -3.72. The van der Waals surface area contributed by atoms with E-state index in [1.54, 1.807) is 6.07 Å². The zero-order valence-electron chi connectivity index (χ0n) is 18.6. The van der Waals surface area contributed by atoms with Crippen LogP contribution in [-0.2, 0) is 27.8 Å². The molecule has 0 saturated carbocycles. The van der Waals surface area contributed by atoms with Gasteiger partial charge in [-0.25, -0.2) is 8.42 Å². The highest BCUT2D eigenvalue weighted by Gasteiger charge is 2.28. The fourth-order valence-electron chi connectivity index (χ4n) is 4.15. The molecule has 2 aromatic carbocycles. The maximum absolute atomic E-state index is 13.0. The molecule has 2 aliphatic heterocycles. The van der Waals surface area contributed by atoms with Crippen molar-refractivity contribution in [2.75, 3.05) is 39.4 Å². The number of nitrogens with one attached hydrogen (secondary N) is 1. The lowest BCUT2D eigenvalue weighted by atomic mass is 10.1. The smallest absolute Gasteiger partial charge is 0.251 e. The molecule has 2 aliphatic rings. The Morgan fingerprint density at radius 2 is 1.61 bits per heavy atom. The number of carbonyl (C=O) groups is 1. The van der Waals surface area contributed by atoms with E-state index in [1.165, 1.54) is 22.0 Å². The molecule has 0 bridgehead atoms. The molecule has 0 unspecified atom stereocenters. The van der Waals surface area contributed by atoms with Gasteiger partial charge in [0.2, 0.25) is 10.0 Å². The highest BCUT2D eigenvalue weighted by Crippen LogP contribution is 2.28. The van der Waals surface area contributed by atoms with E-state index < -0.39 is 10.0 Å². The number of hydrogen-bond donors (Lipinski definition) is 1. The van der Waals surface area contributed by atoms with Crippen LogP contribution in [0.2, 0.25) is 5.02 Å². The summed E-state index contributed by atoms with van der Waals surface area (Å²) in [4.78, 5) is 15.1. The van der Waals surface area contributed by atoms with E-state index in [1.807, 2.05) is 12.1 Å². The number of rotatable bonds is 7. The van der Waals surface area contributed by atoms with Crippen molar-refractivity contribution in [1.82, 2.24) is 14.5 Å². The predicted octanol–water partition coefficient (Wildman–Crippen LogP) is 3.28. The largest absolute Gasteiger partial charge is 0.379 e. The number of nitrogens with zero attached hydrogens (tertiary/aromatic N) is 2. The van der Waals surface area contributed by atoms with Gasteiger partial charge in [0, 0.05) is 44.8 Å². The minimum absolute atomic E-state index is 0.00816. The number of benzene rings is 2. The molecule has 1 amide bonds. The Balaban J connectivity index is 1.38. The molecule has 2 fully saturated rings. The van der Waals surface area contributed by atoms with Gasteiger partial charge in [-0.05, 0) is 42.2 Å². The first kappa shape index (κ1) is 24.2. The minimum atomic E-state index is -3.72. The van der Waals surface area contributed by atoms with Gasteiger partial charge in [0.15, 0.2) is 0 Å². The summed E-state index contributed by atoms with van der Waals surface area (Å²) in [5.74, 6) is -0.334. The zero-order chi connectivity index (χ0) is 23.3. The van der Waals surface area contributed by atoms with Gasteiger partial charge in [0.25, 0.3) is 5.91 Å². The molecule has 0 aliphatic carbocycles. The number of morpholine rings is 1. The number of piperidine rings is 1. The third-order valence-corrected chi connectivity index (χ3v) is 8.49. The van der Waals surface area contributed by atoms with E-state index in [-0.39, 0.29) is 21.4 Å². The van der Waals surface area contributed by atoms with E-state index in [0.717, 1.165) is 57.7 Å². The first-order valence-electron chi connectivity index (χ1n) is 11.4. The summed E-state index contributed by atoms with van der Waals surface area (Å²) < 4.78 is 32.9. The summed E-state index contributed by atoms with van der Waals surface area (Å²) in [6.45, 7) is 5.63. The Bertz CT molecular complexity index is 1060. The molecule has 2 heterocycles. The summed E-state index contributed by atoms with van der Waals surface area (Å²) in [6, 6.07) is 12.6. The maximum Gasteiger partial charge on any atom is 0.251 e. The normalized spacial score (nSPS) is 18.2. The Labute approximate surface area is 200 Å². The molecule has 0 atom stereocenters. The minimum Gasteiger partial charge on any atom is -0.379 e. The van der Waals surface area contributed by atoms with Gasteiger partial charge >= 0.3 is 0 Å². The Morgan fingerprint density at radius 1 is 0.939 bits per heavy atom. The molecule has 0 aromatic heterocycles. The van der Waals surface area contributed by atoms with Gasteiger partial charge in [-0.2, -0.15) is 4.31 Å². The molecule has 7 nitrogen and oxygen atoms in total. The second kappa shape index (κ2) is 11.0. The second-order valence-corrected chi connectivity index (χ2v) is 10.8. The monoisotopic (exact) mass is 491 g/mol. The van der Waals surface area contributed by atoms with Crippen LogP contribution in [-0.4, -0.2) is 62.9 Å². The van der Waals surface area contributed by atoms with Crippen molar-refractivity contribution >= 4 is 27.5 Å². The molecule has 4 rings (SSSR count). The molecule has 0 spiro atoms. The average Bonchev–Trinajstić information content (AvgIpc) is 2.85. The first-order valence-corrected chi connectivity index (χ1v) is 13.2. The Kier molecular flexibility index (Phi) is 8.03. The van der Waals surface area contributed by atoms with E-state index >= 15 is 0 Å². The van der Waals surface area contributed by atoms with Gasteiger partial charge in [0.1, 0.15) is 4.90 Å². The lowest BCUT2D eigenvalue weighted by Crippen LogP contribution is -2.36. The van der Waals surface area contributed by atoms with Crippen molar-refractivity contribution in [2.24, 2.45) is 0 Å². The third-order valence-electron chi connectivity index (χ3n) is 6.11. The molecule has 1 N–H and O–H groups in total. The Morgan fingerprint density at radius 3 is 2.30 bits per heavy atom. The molecular formula is C24H30ClN3O4S. The fourth-order valence-corrected chi connectivity index (χ4v) is 6.17. The average molecular weight is 492 g/mol. The maximum atomic E-state index is 13.0. The number of hydrogen-bond acceptors (Lipinski definition) is 5. The molecule has 178 valence electrons. The first-order chi connectivity index (χ1) is 15.9. The number of halogens is 1. The van der Waals surface area contributed by atoms with E-state index in [9.17, 15) is 13.2 Å². The summed E-state index contributed by atoms with van der Waals surface area (Å²) >= 11 is 6.21. The molecule has 9 heteroatoms. The predicted molar refractivity (Wildman–Crippen MR) is 128 cm³/mol. The van der Waals surface area contributed by atoms with Crippen LogP contribution < -0.4 is 5.32 Å². The van der Waals surface area contributed by atoms with Crippen molar-refractivity contribution in [2.45, 2.75) is 37.2 Å². The van der Waals surface area contributed by atoms with Crippen LogP contribution in [0.4, 0.5) is 0 Å². The Hall–Kier alpha value is -1.97. The van der Waals surface area contributed by atoms with Gasteiger partial charge in [-0.15, -0.1) is 0 Å². The van der Waals surface area contributed by atoms with Crippen LogP contribution in [0.15, 0.2) is 47.4 Å². The van der Waals surface area contributed by atoms with Crippen LogP contribution in [0.1, 0.15) is 40.7 Å². The molecule has 33 heavy (non-hydrogen) atoms. The molecule has 2 aromatic rings. The van der Waals surface area contributed by atoms with Crippen LogP contribution >= 0.6 is 11.6 Å². The summed E-state index contributed by atoms with van der Waals surface area (Å²) in [5.41, 5.74) is 2.47. The van der Waals surface area contributed by atoms with Crippen LogP contribution in [0.5, 0.6) is 0 Å². The molecule has 0 radical (unpaired) electrons. The lowest BCUT2D eigenvalue weighted by Gasteiger charge is -2.26. The standard InChI is InChI=1S/C24H30ClN3O4S/c25-22-9-8-21(16-23(22)33(30,31)28-10-2-1-3-11-28)24(29)26-17-19-4-6-20(7-5-19)18-27-12-14-32-15-13-27/h4-9,16H,1-3,10-15,17-18H2,(H,26,29). The van der Waals surface area contributed by atoms with Crippen molar-refractivity contribution in [3.8, 4) is 0 Å². The quantitative estimate of drug-likeness (QED) is 0.643. The summed E-state index contributed by atoms with van der Waals surface area (Å²) in [5, 5.41) is 3.01. The fraction of sp³-hybridized carbons (Fsp3) is 0.458. The van der Waals surface area contributed by atoms with Crippen LogP contribution in [0.25, 0.3) is 0 Å². The zero-order valence-corrected chi connectivity index (χ0v) is 20.2. The van der Waals surface area contributed by atoms with E-state index in [0.29, 0.717) is 19.6 Å². The number of ether oxygens (including phenoxy) is 1. The van der Waals surface area contributed by atoms with E-state index in [4.69, 9.17) is 16.3 Å². The van der Waals surface area contributed by atoms with Gasteiger partial charge < -0.3 is 10.1 Å². The van der Waals surface area contributed by atoms with Crippen molar-refractivity contribution < 1.29 is 17.9 Å². The third kappa shape index (κ3) is 6.13. The van der Waals surface area contributed by atoms with E-state index in [2.05, 4.69) is 22.3 Å². The topological polar surface area (TPSA) is 79.0 Å². The van der Waals surface area contributed by atoms with Gasteiger partial charge in [0.05, 0.1) is 18.2 Å². The lowest BCUT2D eigenvalue weighted by molar-refractivity contribution is 0.0342. The highest BCUT2D eigenvalue weighted by molar-refractivity contribution is 7.89. The van der Waals surface area contributed by atoms with Crippen LogP contribution in [0.3, 0.4) is 0 Å². The van der Waals surface area contributed by atoms with Crippen molar-refractivity contribution in [1.29, 1.82) is 0 Å². The highest BCUT2D eigenvalue weighted by atomic mass is 35.5. The van der Waals surface area contributed by atoms with Crippen molar-refractivity contribution in [3.63, 3.8) is 0 Å². The van der Waals surface area contributed by atoms with Gasteiger partial charge in [-0.1, -0.05) is 42.3 Å². The number of sulfonamides is 1. The molecule has 2 saturated heterocycles. The summed E-state index contributed by atoms with van der Waals surface area (Å²) in [6.07, 6.45) is 2.70. The molecular weight excluding hydrogens is 462 g/mol. The number of amides is 1. The SMILES string of the molecule is O=C(NCc1ccc(CN2CCOCC2)cc1)c1ccc(Cl)c(S(=O)(=O)N2CCCCC2)c1. The van der Waals surface area contributed by atoms with Crippen molar-refractivity contribution in [3.05, 3.63) is 64.2 Å². The van der Waals surface area contributed by atoms with Gasteiger partial charge in [-0.3, -0.25) is 9.69 Å². The number of carbonyl (C=O) groups excluding carboxylic acids is 1. The second-order valence-electron chi connectivity index (χ2n) is 8.50.